The molecule has 1 atom stereocenters. The summed E-state index contributed by atoms with van der Waals surface area (Å²) in [5.74, 6) is 0. The fourth-order valence-corrected chi connectivity index (χ4v) is 4.89. The van der Waals surface area contributed by atoms with Gasteiger partial charge in [-0.25, -0.2) is 8.42 Å². The van der Waals surface area contributed by atoms with Crippen molar-refractivity contribution in [2.75, 3.05) is 20.1 Å². The van der Waals surface area contributed by atoms with Crippen LogP contribution in [0, 0.1) is 24.0 Å². The van der Waals surface area contributed by atoms with E-state index in [4.69, 9.17) is 0 Å². The molecule has 7 nitrogen and oxygen atoms in total. The first kappa shape index (κ1) is 19.8. The van der Waals surface area contributed by atoms with Gasteiger partial charge in [0.15, 0.2) is 0 Å². The van der Waals surface area contributed by atoms with Crippen molar-refractivity contribution in [3.05, 3.63) is 33.4 Å². The minimum Gasteiger partial charge on any atom is -0.318 e. The normalized spacial score (nSPS) is 18.7. The van der Waals surface area contributed by atoms with Crippen LogP contribution in [0.15, 0.2) is 17.0 Å². The molecule has 0 aromatic heterocycles. The van der Waals surface area contributed by atoms with Crippen LogP contribution in [0.5, 0.6) is 0 Å². The highest BCUT2D eigenvalue weighted by Crippen LogP contribution is 2.31. The van der Waals surface area contributed by atoms with Crippen molar-refractivity contribution in [3.8, 4) is 0 Å². The third kappa shape index (κ3) is 3.82. The van der Waals surface area contributed by atoms with Gasteiger partial charge in [-0.15, -0.1) is 12.4 Å². The highest BCUT2D eigenvalue weighted by atomic mass is 35.5. The zero-order valence-corrected chi connectivity index (χ0v) is 15.0. The van der Waals surface area contributed by atoms with Crippen LogP contribution in [-0.4, -0.2) is 43.8 Å². The quantitative estimate of drug-likeness (QED) is 0.638. The van der Waals surface area contributed by atoms with Crippen LogP contribution in [-0.2, 0) is 10.0 Å². The number of aryl methyl sites for hydroxylation is 1. The Bertz CT molecular complexity index is 694. The zero-order valence-electron chi connectivity index (χ0n) is 13.4. The van der Waals surface area contributed by atoms with Gasteiger partial charge in [-0.3, -0.25) is 10.1 Å². The van der Waals surface area contributed by atoms with Crippen molar-refractivity contribution in [3.63, 3.8) is 0 Å². The van der Waals surface area contributed by atoms with Gasteiger partial charge in [0.25, 0.3) is 5.69 Å². The van der Waals surface area contributed by atoms with E-state index >= 15 is 0 Å². The molecule has 130 valence electrons. The molecule has 1 N–H and O–H groups in total. The highest BCUT2D eigenvalue weighted by molar-refractivity contribution is 7.89. The average molecular weight is 364 g/mol. The Morgan fingerprint density at radius 3 is 2.61 bits per heavy atom. The monoisotopic (exact) mass is 363 g/mol. The standard InChI is InChI=1S/C14H21N3O4S.ClH/c1-10-7-13(17(18)19)8-14(11(10)2)22(20,21)16-6-4-5-12(16)9-15-3;/h7-8,12,15H,4-6,9H2,1-3H3;1H. The molecule has 2 rings (SSSR count). The number of rotatable bonds is 5. The van der Waals surface area contributed by atoms with E-state index in [2.05, 4.69) is 5.32 Å². The number of non-ortho nitro benzene ring substituents is 1. The molecule has 0 bridgehead atoms. The predicted octanol–water partition coefficient (Wildman–Crippen LogP) is 2.01. The fourth-order valence-electron chi connectivity index (χ4n) is 2.87. The summed E-state index contributed by atoms with van der Waals surface area (Å²) in [5, 5.41) is 14.0. The summed E-state index contributed by atoms with van der Waals surface area (Å²) in [7, 11) is -1.95. The third-order valence-corrected chi connectivity index (χ3v) is 6.24. The van der Waals surface area contributed by atoms with E-state index in [0.29, 0.717) is 24.2 Å². The van der Waals surface area contributed by atoms with Crippen LogP contribution in [0.25, 0.3) is 0 Å². The molecule has 1 aromatic carbocycles. The van der Waals surface area contributed by atoms with Crippen molar-refractivity contribution in [1.82, 2.24) is 9.62 Å². The minimum absolute atomic E-state index is 0. The Morgan fingerprint density at radius 2 is 2.04 bits per heavy atom. The summed E-state index contributed by atoms with van der Waals surface area (Å²) < 4.78 is 27.4. The predicted molar refractivity (Wildman–Crippen MR) is 90.7 cm³/mol. The first-order valence-corrected chi connectivity index (χ1v) is 8.65. The molecule has 0 aliphatic carbocycles. The lowest BCUT2D eigenvalue weighted by Crippen LogP contribution is -2.41. The summed E-state index contributed by atoms with van der Waals surface area (Å²) >= 11 is 0. The molecular weight excluding hydrogens is 342 g/mol. The first-order chi connectivity index (χ1) is 10.3. The minimum atomic E-state index is -3.73. The number of likely N-dealkylation sites (N-methyl/N-ethyl adjacent to an activating group) is 1. The van der Waals surface area contributed by atoms with Gasteiger partial charge in [-0.2, -0.15) is 4.31 Å². The molecule has 0 amide bonds. The van der Waals surface area contributed by atoms with Crippen LogP contribution >= 0.6 is 12.4 Å². The Hall–Kier alpha value is -1.22. The van der Waals surface area contributed by atoms with Gasteiger partial charge < -0.3 is 5.32 Å². The number of nitrogens with one attached hydrogen (secondary N) is 1. The van der Waals surface area contributed by atoms with Crippen molar-refractivity contribution < 1.29 is 13.3 Å². The van der Waals surface area contributed by atoms with E-state index in [-0.39, 0.29) is 29.0 Å². The Balaban J connectivity index is 0.00000264. The summed E-state index contributed by atoms with van der Waals surface area (Å²) in [6.45, 7) is 4.41. The number of hydrogen-bond donors (Lipinski definition) is 1. The molecule has 0 spiro atoms. The van der Waals surface area contributed by atoms with E-state index in [9.17, 15) is 18.5 Å². The van der Waals surface area contributed by atoms with Crippen molar-refractivity contribution in [1.29, 1.82) is 0 Å². The van der Waals surface area contributed by atoms with E-state index < -0.39 is 14.9 Å². The van der Waals surface area contributed by atoms with E-state index in [1.807, 2.05) is 0 Å². The molecular formula is C14H22ClN3O4S. The second-order valence-corrected chi connectivity index (χ2v) is 7.47. The third-order valence-electron chi connectivity index (χ3n) is 4.16. The molecule has 0 radical (unpaired) electrons. The molecule has 23 heavy (non-hydrogen) atoms. The Labute approximate surface area is 142 Å². The lowest BCUT2D eigenvalue weighted by molar-refractivity contribution is -0.385. The van der Waals surface area contributed by atoms with Gasteiger partial charge in [0.2, 0.25) is 10.0 Å². The first-order valence-electron chi connectivity index (χ1n) is 7.21. The molecule has 1 saturated heterocycles. The van der Waals surface area contributed by atoms with Gasteiger partial charge in [-0.1, -0.05) is 0 Å². The van der Waals surface area contributed by atoms with Crippen LogP contribution in [0.2, 0.25) is 0 Å². The molecule has 1 aliphatic rings. The number of nitro groups is 1. The van der Waals surface area contributed by atoms with Gasteiger partial charge >= 0.3 is 0 Å². The zero-order chi connectivity index (χ0) is 16.5. The van der Waals surface area contributed by atoms with Crippen LogP contribution in [0.4, 0.5) is 5.69 Å². The van der Waals surface area contributed by atoms with Gasteiger partial charge in [0, 0.05) is 31.3 Å². The second-order valence-electron chi connectivity index (χ2n) is 5.61. The van der Waals surface area contributed by atoms with Crippen molar-refractivity contribution in [2.45, 2.75) is 37.6 Å². The van der Waals surface area contributed by atoms with Crippen LogP contribution < -0.4 is 5.32 Å². The second kappa shape index (κ2) is 7.57. The van der Waals surface area contributed by atoms with E-state index in [1.54, 1.807) is 20.9 Å². The fraction of sp³-hybridized carbons (Fsp3) is 0.571. The summed E-state index contributed by atoms with van der Waals surface area (Å²) in [6, 6.07) is 2.48. The molecule has 1 aliphatic heterocycles. The molecule has 9 heteroatoms. The molecule has 0 saturated carbocycles. The van der Waals surface area contributed by atoms with Gasteiger partial charge in [-0.05, 0) is 44.9 Å². The number of halogens is 1. The van der Waals surface area contributed by atoms with Gasteiger partial charge in [0.05, 0.1) is 9.82 Å². The number of hydrogen-bond acceptors (Lipinski definition) is 5. The van der Waals surface area contributed by atoms with Crippen LogP contribution in [0.3, 0.4) is 0 Å². The smallest absolute Gasteiger partial charge is 0.271 e. The van der Waals surface area contributed by atoms with Gasteiger partial charge in [0.1, 0.15) is 0 Å². The number of sulfonamides is 1. The Morgan fingerprint density at radius 1 is 1.39 bits per heavy atom. The maximum Gasteiger partial charge on any atom is 0.271 e. The highest BCUT2D eigenvalue weighted by Gasteiger charge is 2.36. The lowest BCUT2D eigenvalue weighted by Gasteiger charge is -2.25. The summed E-state index contributed by atoms with van der Waals surface area (Å²) in [4.78, 5) is 10.5. The molecule has 1 unspecified atom stereocenters. The largest absolute Gasteiger partial charge is 0.318 e. The van der Waals surface area contributed by atoms with Crippen molar-refractivity contribution in [2.24, 2.45) is 0 Å². The Kier molecular flexibility index (Phi) is 6.52. The summed E-state index contributed by atoms with van der Waals surface area (Å²) in [6.07, 6.45) is 1.60. The molecule has 1 heterocycles. The maximum atomic E-state index is 12.9. The lowest BCUT2D eigenvalue weighted by atomic mass is 10.1. The molecule has 1 aromatic rings. The average Bonchev–Trinajstić information content (AvgIpc) is 2.90. The number of nitro benzene ring substituents is 1. The van der Waals surface area contributed by atoms with E-state index in [1.165, 1.54) is 16.4 Å². The topological polar surface area (TPSA) is 92.6 Å². The van der Waals surface area contributed by atoms with E-state index in [0.717, 1.165) is 12.8 Å². The summed E-state index contributed by atoms with van der Waals surface area (Å²) in [5.41, 5.74) is 0.990. The number of nitrogens with zero attached hydrogens (tertiary/aromatic N) is 2. The number of benzene rings is 1. The molecule has 1 fully saturated rings. The van der Waals surface area contributed by atoms with Crippen molar-refractivity contribution >= 4 is 28.1 Å². The SMILES string of the molecule is CNCC1CCCN1S(=O)(=O)c1cc([N+](=O)[O-])cc(C)c1C.Cl. The maximum absolute atomic E-state index is 12.9. The van der Waals surface area contributed by atoms with Crippen LogP contribution in [0.1, 0.15) is 24.0 Å².